The fourth-order valence-corrected chi connectivity index (χ4v) is 3.63. The molecule has 0 bridgehead atoms. The fraction of sp³-hybridized carbons (Fsp3) is 0.0476. The molecule has 0 spiro atoms. The number of halogens is 3. The molecule has 146 valence electrons. The van der Waals surface area contributed by atoms with E-state index in [4.69, 9.17) is 34.8 Å². The molecule has 2 N–H and O–H groups in total. The number of aryl methyl sites for hydroxylation is 1. The van der Waals surface area contributed by atoms with Gasteiger partial charge in [-0.15, -0.1) is 0 Å². The molecule has 0 fully saturated rings. The topological polar surface area (TPSA) is 59.0 Å². The van der Waals surface area contributed by atoms with Crippen LogP contribution in [0.3, 0.4) is 0 Å². The average molecular weight is 446 g/mol. The summed E-state index contributed by atoms with van der Waals surface area (Å²) in [6.45, 7) is 0. The van der Waals surface area contributed by atoms with Gasteiger partial charge in [0.05, 0.1) is 26.8 Å². The number of carbonyl (C=O) groups excluding carboxylic acids is 1. The maximum atomic E-state index is 12.6. The van der Waals surface area contributed by atoms with E-state index in [9.17, 15) is 4.79 Å². The molecule has 1 aromatic heterocycles. The fourth-order valence-electron chi connectivity index (χ4n) is 2.95. The summed E-state index contributed by atoms with van der Waals surface area (Å²) in [6, 6.07) is 17.6. The first kappa shape index (κ1) is 19.6. The van der Waals surface area contributed by atoms with E-state index in [-0.39, 0.29) is 5.91 Å². The predicted molar refractivity (Wildman–Crippen MR) is 120 cm³/mol. The molecule has 0 saturated heterocycles. The molecule has 4 aromatic rings. The summed E-state index contributed by atoms with van der Waals surface area (Å²) in [5, 5.41) is 7.53. The molecule has 4 rings (SSSR count). The molecule has 0 atom stereocenters. The number of amides is 1. The number of anilines is 3. The van der Waals surface area contributed by atoms with Gasteiger partial charge in [-0.2, -0.15) is 0 Å². The van der Waals surface area contributed by atoms with Gasteiger partial charge in [-0.1, -0.05) is 46.9 Å². The second-order valence-electron chi connectivity index (χ2n) is 6.38. The second-order valence-corrected chi connectivity index (χ2v) is 7.63. The zero-order valence-electron chi connectivity index (χ0n) is 15.2. The van der Waals surface area contributed by atoms with Gasteiger partial charge in [0.25, 0.3) is 5.91 Å². The Kier molecular flexibility index (Phi) is 5.37. The Morgan fingerprint density at radius 2 is 1.69 bits per heavy atom. The van der Waals surface area contributed by atoms with Crippen molar-refractivity contribution in [2.24, 2.45) is 7.05 Å². The molecule has 0 saturated carbocycles. The quantitative estimate of drug-likeness (QED) is 0.375. The summed E-state index contributed by atoms with van der Waals surface area (Å²) in [7, 11) is 1.87. The molecule has 29 heavy (non-hydrogen) atoms. The van der Waals surface area contributed by atoms with E-state index < -0.39 is 0 Å². The number of aromatic nitrogens is 2. The van der Waals surface area contributed by atoms with E-state index in [2.05, 4.69) is 15.6 Å². The van der Waals surface area contributed by atoms with E-state index in [0.717, 1.165) is 5.52 Å². The summed E-state index contributed by atoms with van der Waals surface area (Å²) in [6.07, 6.45) is 0. The number of fused-ring (bicyclic) bond motifs is 1. The number of carbonyl (C=O) groups is 1. The van der Waals surface area contributed by atoms with Gasteiger partial charge in [0.15, 0.2) is 0 Å². The van der Waals surface area contributed by atoms with E-state index in [1.807, 2.05) is 17.7 Å². The van der Waals surface area contributed by atoms with Crippen molar-refractivity contribution in [2.45, 2.75) is 0 Å². The Hall–Kier alpha value is -2.73. The van der Waals surface area contributed by atoms with Crippen molar-refractivity contribution >= 4 is 69.1 Å². The highest BCUT2D eigenvalue weighted by Gasteiger charge is 2.14. The number of rotatable bonds is 4. The molecular formula is C21H15Cl3N4O. The molecule has 0 unspecified atom stereocenters. The van der Waals surface area contributed by atoms with Gasteiger partial charge >= 0.3 is 0 Å². The Bertz CT molecular complexity index is 1220. The van der Waals surface area contributed by atoms with Crippen LogP contribution in [0, 0.1) is 0 Å². The van der Waals surface area contributed by atoms with Crippen LogP contribution >= 0.6 is 34.8 Å². The number of hydrogen-bond donors (Lipinski definition) is 2. The largest absolute Gasteiger partial charge is 0.323 e. The van der Waals surface area contributed by atoms with Crippen molar-refractivity contribution in [3.8, 4) is 0 Å². The minimum atomic E-state index is -0.247. The van der Waals surface area contributed by atoms with Crippen molar-refractivity contribution < 1.29 is 4.79 Å². The summed E-state index contributed by atoms with van der Waals surface area (Å²) in [5.74, 6) is 0.311. The molecule has 8 heteroatoms. The van der Waals surface area contributed by atoms with E-state index in [1.165, 1.54) is 0 Å². The standard InChI is InChI=1S/C21H15Cl3N4O/c1-28-18-9-8-12(20(29)25-14-5-2-4-13(22)11-14)10-17(18)26-21(28)27-19-15(23)6-3-7-16(19)24/h2-11H,1H3,(H,25,29)(H,26,27). The minimum Gasteiger partial charge on any atom is -0.323 e. The molecule has 5 nitrogen and oxygen atoms in total. The molecule has 0 aliphatic carbocycles. The normalized spacial score (nSPS) is 10.9. The summed E-state index contributed by atoms with van der Waals surface area (Å²) in [5.41, 5.74) is 3.21. The number of hydrogen-bond acceptors (Lipinski definition) is 3. The molecule has 0 radical (unpaired) electrons. The van der Waals surface area contributed by atoms with Crippen LogP contribution in [0.2, 0.25) is 15.1 Å². The Morgan fingerprint density at radius 1 is 0.966 bits per heavy atom. The SMILES string of the molecule is Cn1c(Nc2c(Cl)cccc2Cl)nc2cc(C(=O)Nc3cccc(Cl)c3)ccc21. The molecule has 0 aliphatic rings. The third-order valence-corrected chi connectivity index (χ3v) is 5.29. The zero-order chi connectivity index (χ0) is 20.5. The van der Waals surface area contributed by atoms with Crippen LogP contribution in [0.5, 0.6) is 0 Å². The molecule has 1 heterocycles. The van der Waals surface area contributed by atoms with E-state index in [0.29, 0.717) is 43.5 Å². The van der Waals surface area contributed by atoms with Gasteiger partial charge in [0.2, 0.25) is 5.95 Å². The molecule has 1 amide bonds. The van der Waals surface area contributed by atoms with Gasteiger partial charge in [-0.3, -0.25) is 4.79 Å². The predicted octanol–water partition coefficient (Wildman–Crippen LogP) is 6.53. The van der Waals surface area contributed by atoms with Crippen molar-refractivity contribution in [1.82, 2.24) is 9.55 Å². The third-order valence-electron chi connectivity index (χ3n) is 4.43. The number of nitrogens with zero attached hydrogens (tertiary/aromatic N) is 2. The molecule has 3 aromatic carbocycles. The molecule has 0 aliphatic heterocycles. The first-order valence-electron chi connectivity index (χ1n) is 8.67. The Labute approximate surface area is 182 Å². The lowest BCUT2D eigenvalue weighted by Gasteiger charge is -2.09. The lowest BCUT2D eigenvalue weighted by Crippen LogP contribution is -2.11. The van der Waals surface area contributed by atoms with Crippen LogP contribution in [-0.2, 0) is 7.05 Å². The van der Waals surface area contributed by atoms with Gasteiger partial charge < -0.3 is 15.2 Å². The lowest BCUT2D eigenvalue weighted by molar-refractivity contribution is 0.102. The average Bonchev–Trinajstić information content (AvgIpc) is 3.00. The highest BCUT2D eigenvalue weighted by molar-refractivity contribution is 6.39. The lowest BCUT2D eigenvalue weighted by atomic mass is 10.2. The summed E-state index contributed by atoms with van der Waals surface area (Å²) >= 11 is 18.4. The van der Waals surface area contributed by atoms with Gasteiger partial charge in [-0.05, 0) is 48.5 Å². The van der Waals surface area contributed by atoms with E-state index in [1.54, 1.807) is 54.6 Å². The van der Waals surface area contributed by atoms with Gasteiger partial charge in [0.1, 0.15) is 0 Å². The van der Waals surface area contributed by atoms with Gasteiger partial charge in [0, 0.05) is 23.3 Å². The summed E-state index contributed by atoms with van der Waals surface area (Å²) < 4.78 is 1.87. The van der Waals surface area contributed by atoms with Crippen LogP contribution in [0.4, 0.5) is 17.3 Å². The number of imidazole rings is 1. The maximum Gasteiger partial charge on any atom is 0.255 e. The highest BCUT2D eigenvalue weighted by Crippen LogP contribution is 2.33. The Balaban J connectivity index is 1.64. The smallest absolute Gasteiger partial charge is 0.255 e. The van der Waals surface area contributed by atoms with Crippen LogP contribution in [0.25, 0.3) is 11.0 Å². The van der Waals surface area contributed by atoms with Crippen LogP contribution in [0.15, 0.2) is 60.7 Å². The van der Waals surface area contributed by atoms with Crippen molar-refractivity contribution in [1.29, 1.82) is 0 Å². The summed E-state index contributed by atoms with van der Waals surface area (Å²) in [4.78, 5) is 17.2. The van der Waals surface area contributed by atoms with E-state index >= 15 is 0 Å². The monoisotopic (exact) mass is 444 g/mol. The van der Waals surface area contributed by atoms with Crippen molar-refractivity contribution in [3.63, 3.8) is 0 Å². The highest BCUT2D eigenvalue weighted by atomic mass is 35.5. The second kappa shape index (κ2) is 7.95. The van der Waals surface area contributed by atoms with Crippen molar-refractivity contribution in [3.05, 3.63) is 81.3 Å². The number of para-hydroxylation sites is 1. The number of nitrogens with one attached hydrogen (secondary N) is 2. The van der Waals surface area contributed by atoms with Gasteiger partial charge in [-0.25, -0.2) is 4.98 Å². The first-order chi connectivity index (χ1) is 13.9. The van der Waals surface area contributed by atoms with Crippen LogP contribution in [-0.4, -0.2) is 15.5 Å². The van der Waals surface area contributed by atoms with Crippen LogP contribution < -0.4 is 10.6 Å². The first-order valence-corrected chi connectivity index (χ1v) is 9.80. The number of benzene rings is 3. The molecular weight excluding hydrogens is 431 g/mol. The third kappa shape index (κ3) is 4.03. The zero-order valence-corrected chi connectivity index (χ0v) is 17.5. The maximum absolute atomic E-state index is 12.6. The minimum absolute atomic E-state index is 0.247. The van der Waals surface area contributed by atoms with Crippen molar-refractivity contribution in [2.75, 3.05) is 10.6 Å². The Morgan fingerprint density at radius 3 is 2.41 bits per heavy atom. The van der Waals surface area contributed by atoms with Crippen LogP contribution in [0.1, 0.15) is 10.4 Å².